The van der Waals surface area contributed by atoms with Crippen LogP contribution in [0.3, 0.4) is 0 Å². The molecule has 4 rings (SSSR count). The van der Waals surface area contributed by atoms with Gasteiger partial charge in [0.2, 0.25) is 0 Å². The van der Waals surface area contributed by atoms with Crippen molar-refractivity contribution < 1.29 is 4.74 Å². The zero-order valence-corrected chi connectivity index (χ0v) is 24.7. The highest BCUT2D eigenvalue weighted by Gasteiger charge is 2.25. The van der Waals surface area contributed by atoms with E-state index < -0.39 is 0 Å². The van der Waals surface area contributed by atoms with Crippen molar-refractivity contribution in [2.75, 3.05) is 33.3 Å². The van der Waals surface area contributed by atoms with Crippen LogP contribution in [0.2, 0.25) is 0 Å². The summed E-state index contributed by atoms with van der Waals surface area (Å²) in [5, 5.41) is 3.59. The molecule has 0 bridgehead atoms. The number of aromatic nitrogens is 1. The first-order chi connectivity index (χ1) is 17.2. The third kappa shape index (κ3) is 9.00. The maximum Gasteiger partial charge on any atom is 0.305 e. The molecule has 37 heavy (non-hydrogen) atoms. The summed E-state index contributed by atoms with van der Waals surface area (Å²) >= 11 is 1.29. The Kier molecular flexibility index (Phi) is 14.0. The second kappa shape index (κ2) is 16.4. The van der Waals surface area contributed by atoms with Gasteiger partial charge in [-0.1, -0.05) is 49.3 Å². The second-order valence-corrected chi connectivity index (χ2v) is 10.8. The van der Waals surface area contributed by atoms with E-state index in [0.29, 0.717) is 6.04 Å². The number of H-pyrrole nitrogens is 1. The lowest BCUT2D eigenvalue weighted by Crippen LogP contribution is -2.40. The monoisotopic (exact) mass is 567 g/mol. The summed E-state index contributed by atoms with van der Waals surface area (Å²) < 4.78 is 6.65. The molecule has 0 unspecified atom stereocenters. The number of unbranched alkanes of at least 4 members (excludes halogenated alkanes) is 3. The van der Waals surface area contributed by atoms with Crippen molar-refractivity contribution in [2.45, 2.75) is 70.8 Å². The van der Waals surface area contributed by atoms with Gasteiger partial charge in [0, 0.05) is 6.04 Å². The lowest BCUT2D eigenvalue weighted by molar-refractivity contribution is 0.175. The number of thiazole rings is 1. The van der Waals surface area contributed by atoms with Gasteiger partial charge in [0.05, 0.1) is 17.3 Å². The number of hydrogen-bond acceptors (Lipinski definition) is 5. The maximum atomic E-state index is 11.5. The Labute approximate surface area is 238 Å². The van der Waals surface area contributed by atoms with Crippen LogP contribution in [0.1, 0.15) is 62.1 Å². The molecule has 1 aromatic heterocycles. The van der Waals surface area contributed by atoms with Gasteiger partial charge in [-0.2, -0.15) is 0 Å². The molecule has 0 radical (unpaired) electrons. The minimum Gasteiger partial charge on any atom is -0.496 e. The van der Waals surface area contributed by atoms with Crippen LogP contribution in [0.15, 0.2) is 41.2 Å². The molecule has 0 amide bonds. The number of aromatic amines is 1. The summed E-state index contributed by atoms with van der Waals surface area (Å²) in [6.07, 6.45) is 10.9. The van der Waals surface area contributed by atoms with Crippen LogP contribution in [-0.4, -0.2) is 49.2 Å². The number of benzene rings is 2. The van der Waals surface area contributed by atoms with Gasteiger partial charge in [0.15, 0.2) is 0 Å². The zero-order valence-electron chi connectivity index (χ0n) is 22.2. The number of nitrogens with zero attached hydrogens (tertiary/aromatic N) is 1. The highest BCUT2D eigenvalue weighted by molar-refractivity contribution is 7.16. The fraction of sp³-hybridized carbons (Fsp3) is 0.552. The number of rotatable bonds is 14. The molecule has 1 aliphatic carbocycles. The van der Waals surface area contributed by atoms with E-state index in [-0.39, 0.29) is 29.7 Å². The lowest BCUT2D eigenvalue weighted by Gasteiger charge is -2.35. The van der Waals surface area contributed by atoms with E-state index in [0.717, 1.165) is 48.3 Å². The van der Waals surface area contributed by atoms with Crippen molar-refractivity contribution in [3.05, 3.63) is 62.8 Å². The molecular formula is C29H43Cl2N3O2S. The standard InChI is InChI=1S/C29H41N3O2S.2ClH/c1-3-18-32(24-12-13-25-23(21-24)9-8-10-27(25)34-2)19-7-5-4-6-16-30-17-15-22-11-14-26-28(20-22)35-29(33)31-26;;/h8-11,14,20,24,30H,3-7,12-13,15-19,21H2,1-2H3,(H,31,33);2*1H/t24-;;/m0../s1. The molecule has 5 nitrogen and oxygen atoms in total. The van der Waals surface area contributed by atoms with Crippen molar-refractivity contribution in [3.8, 4) is 5.75 Å². The van der Waals surface area contributed by atoms with E-state index in [1.54, 1.807) is 7.11 Å². The quantitative estimate of drug-likeness (QED) is 0.221. The number of hydrogen-bond donors (Lipinski definition) is 2. The predicted octanol–water partition coefficient (Wildman–Crippen LogP) is 6.40. The van der Waals surface area contributed by atoms with Crippen LogP contribution in [-0.2, 0) is 19.3 Å². The lowest BCUT2D eigenvalue weighted by atomic mass is 9.86. The average molecular weight is 569 g/mol. The Hall–Kier alpha value is -1.57. The van der Waals surface area contributed by atoms with E-state index in [9.17, 15) is 4.79 Å². The fourth-order valence-electron chi connectivity index (χ4n) is 5.44. The van der Waals surface area contributed by atoms with Crippen molar-refractivity contribution in [1.82, 2.24) is 15.2 Å². The largest absolute Gasteiger partial charge is 0.496 e. The SMILES string of the molecule is CCCN(CCCCCCNCCc1ccc2[nH]c(=O)sc2c1)[C@H]1CCc2c(cccc2OC)C1.Cl.Cl. The molecule has 206 valence electrons. The maximum absolute atomic E-state index is 11.5. The smallest absolute Gasteiger partial charge is 0.305 e. The second-order valence-electron chi connectivity index (χ2n) is 9.79. The molecular weight excluding hydrogens is 525 g/mol. The van der Waals surface area contributed by atoms with E-state index in [1.165, 1.54) is 79.6 Å². The highest BCUT2D eigenvalue weighted by atomic mass is 35.5. The summed E-state index contributed by atoms with van der Waals surface area (Å²) in [5.74, 6) is 1.07. The van der Waals surface area contributed by atoms with E-state index in [1.807, 2.05) is 6.07 Å². The first kappa shape index (κ1) is 31.6. The third-order valence-electron chi connectivity index (χ3n) is 7.29. The van der Waals surface area contributed by atoms with Gasteiger partial charge in [-0.3, -0.25) is 4.79 Å². The van der Waals surface area contributed by atoms with Crippen LogP contribution in [0.25, 0.3) is 10.2 Å². The van der Waals surface area contributed by atoms with Gasteiger partial charge >= 0.3 is 4.87 Å². The molecule has 0 aliphatic heterocycles. The first-order valence-corrected chi connectivity index (χ1v) is 14.2. The number of nitrogens with one attached hydrogen (secondary N) is 2. The molecule has 1 heterocycles. The minimum absolute atomic E-state index is 0. The third-order valence-corrected chi connectivity index (χ3v) is 8.13. The number of methoxy groups -OCH3 is 1. The Morgan fingerprint density at radius 1 is 1.08 bits per heavy atom. The van der Waals surface area contributed by atoms with E-state index in [2.05, 4.69) is 52.5 Å². The minimum atomic E-state index is 0. The molecule has 8 heteroatoms. The topological polar surface area (TPSA) is 57.4 Å². The van der Waals surface area contributed by atoms with E-state index in [4.69, 9.17) is 4.74 Å². The van der Waals surface area contributed by atoms with Gasteiger partial charge in [-0.25, -0.2) is 0 Å². The first-order valence-electron chi connectivity index (χ1n) is 13.4. The summed E-state index contributed by atoms with van der Waals surface area (Å²) in [5.41, 5.74) is 5.15. The Bertz CT molecular complexity index is 1130. The number of ether oxygens (including phenoxy) is 1. The molecule has 0 saturated carbocycles. The van der Waals surface area contributed by atoms with Gasteiger partial charge in [-0.15, -0.1) is 24.8 Å². The molecule has 1 aliphatic rings. The molecule has 2 N–H and O–H groups in total. The van der Waals surface area contributed by atoms with Crippen molar-refractivity contribution in [3.63, 3.8) is 0 Å². The van der Waals surface area contributed by atoms with E-state index >= 15 is 0 Å². The Balaban J connectivity index is 0.00000241. The van der Waals surface area contributed by atoms with Crippen LogP contribution in [0.5, 0.6) is 5.75 Å². The van der Waals surface area contributed by atoms with Crippen molar-refractivity contribution >= 4 is 46.4 Å². The number of fused-ring (bicyclic) bond motifs is 2. The molecule has 2 aromatic carbocycles. The average Bonchev–Trinajstić information content (AvgIpc) is 3.25. The number of halogens is 2. The van der Waals surface area contributed by atoms with Crippen molar-refractivity contribution in [2.24, 2.45) is 0 Å². The van der Waals surface area contributed by atoms with Crippen LogP contribution in [0.4, 0.5) is 0 Å². The Morgan fingerprint density at radius 3 is 2.73 bits per heavy atom. The summed E-state index contributed by atoms with van der Waals surface area (Å²) in [7, 11) is 1.79. The highest BCUT2D eigenvalue weighted by Crippen LogP contribution is 2.31. The Morgan fingerprint density at radius 2 is 1.92 bits per heavy atom. The molecule has 0 saturated heterocycles. The van der Waals surface area contributed by atoms with Gasteiger partial charge in [-0.05, 0) is 106 Å². The summed E-state index contributed by atoms with van der Waals surface area (Å²) in [6.45, 7) is 6.80. The fourth-order valence-corrected chi connectivity index (χ4v) is 6.24. The van der Waals surface area contributed by atoms with Crippen LogP contribution >= 0.6 is 36.2 Å². The zero-order chi connectivity index (χ0) is 24.5. The van der Waals surface area contributed by atoms with Gasteiger partial charge in [0.25, 0.3) is 0 Å². The van der Waals surface area contributed by atoms with Gasteiger partial charge in [0.1, 0.15) is 5.75 Å². The molecule has 0 spiro atoms. The molecule has 3 aromatic rings. The summed E-state index contributed by atoms with van der Waals surface area (Å²) in [4.78, 5) is 17.1. The molecule has 0 fully saturated rings. The predicted molar refractivity (Wildman–Crippen MR) is 163 cm³/mol. The van der Waals surface area contributed by atoms with Crippen LogP contribution < -0.4 is 14.9 Å². The van der Waals surface area contributed by atoms with Crippen molar-refractivity contribution in [1.29, 1.82) is 0 Å². The summed E-state index contributed by atoms with van der Waals surface area (Å²) in [6, 6.07) is 13.5. The van der Waals surface area contributed by atoms with Crippen LogP contribution in [0, 0.1) is 0 Å². The van der Waals surface area contributed by atoms with Gasteiger partial charge < -0.3 is 19.9 Å². The molecule has 1 atom stereocenters. The normalized spacial score (nSPS) is 14.7.